The molecule has 14 heteroatoms. The second-order valence-corrected chi connectivity index (χ2v) is 10.8. The number of rotatable bonds is 13. The summed E-state index contributed by atoms with van der Waals surface area (Å²) in [6.07, 6.45) is -1.55. The summed E-state index contributed by atoms with van der Waals surface area (Å²) in [7, 11) is 1.12. The number of esters is 1. The molecular weight excluding hydrogens is 558 g/mol. The number of phenols is 1. The number of nitrogen functional groups attached to an aromatic ring is 2. The van der Waals surface area contributed by atoms with Gasteiger partial charge in [0.05, 0.1) is 19.2 Å². The minimum atomic E-state index is -1.77. The molecule has 0 spiro atoms. The van der Waals surface area contributed by atoms with Gasteiger partial charge in [0.15, 0.2) is 0 Å². The van der Waals surface area contributed by atoms with Gasteiger partial charge < -0.3 is 42.0 Å². The van der Waals surface area contributed by atoms with Crippen molar-refractivity contribution in [1.29, 1.82) is 10.8 Å². The van der Waals surface area contributed by atoms with E-state index in [4.69, 9.17) is 31.8 Å². The summed E-state index contributed by atoms with van der Waals surface area (Å²) in [4.78, 5) is 51.4. The molecule has 0 aromatic heterocycles. The molecule has 0 saturated heterocycles. The highest BCUT2D eigenvalue weighted by atomic mass is 16.6. The van der Waals surface area contributed by atoms with E-state index in [2.05, 4.69) is 16.0 Å². The number of carbonyl (C=O) groups excluding carboxylic acids is 4. The summed E-state index contributed by atoms with van der Waals surface area (Å²) in [5.74, 6) is -2.68. The number of amidine groups is 2. The Morgan fingerprint density at radius 2 is 1.65 bits per heavy atom. The fourth-order valence-corrected chi connectivity index (χ4v) is 4.11. The van der Waals surface area contributed by atoms with E-state index in [1.54, 1.807) is 51.1 Å². The molecule has 0 bridgehead atoms. The highest BCUT2D eigenvalue weighted by molar-refractivity contribution is 5.98. The summed E-state index contributed by atoms with van der Waals surface area (Å²) >= 11 is 0. The topological polar surface area (TPSA) is 243 Å². The predicted octanol–water partition coefficient (Wildman–Crippen LogP) is 1.15. The Labute approximate surface area is 249 Å². The van der Waals surface area contributed by atoms with Crippen LogP contribution in [-0.2, 0) is 36.8 Å². The average molecular weight is 598 g/mol. The van der Waals surface area contributed by atoms with Crippen LogP contribution in [0.2, 0.25) is 0 Å². The van der Waals surface area contributed by atoms with Crippen molar-refractivity contribution >= 4 is 35.5 Å². The molecule has 14 nitrogen and oxygen atoms in total. The first-order valence-electron chi connectivity index (χ1n) is 13.3. The fraction of sp³-hybridized carbons (Fsp3) is 0.379. The van der Waals surface area contributed by atoms with Crippen molar-refractivity contribution in [2.24, 2.45) is 11.5 Å². The normalized spacial score (nSPS) is 12.3. The highest BCUT2D eigenvalue weighted by Crippen LogP contribution is 2.23. The van der Waals surface area contributed by atoms with Crippen molar-refractivity contribution in [3.63, 3.8) is 0 Å². The summed E-state index contributed by atoms with van der Waals surface area (Å²) < 4.78 is 10.2. The van der Waals surface area contributed by atoms with E-state index in [1.165, 1.54) is 12.1 Å². The third kappa shape index (κ3) is 10.6. The number of hydrogen-bond acceptors (Lipinski definition) is 9. The lowest BCUT2D eigenvalue weighted by molar-refractivity contribution is -0.155. The van der Waals surface area contributed by atoms with Crippen LogP contribution >= 0.6 is 0 Å². The Morgan fingerprint density at radius 1 is 0.953 bits per heavy atom. The van der Waals surface area contributed by atoms with E-state index in [9.17, 15) is 24.3 Å². The van der Waals surface area contributed by atoms with Crippen LogP contribution in [0.5, 0.6) is 5.75 Å². The Morgan fingerprint density at radius 3 is 2.23 bits per heavy atom. The van der Waals surface area contributed by atoms with E-state index in [0.717, 1.165) is 7.11 Å². The molecule has 2 aromatic rings. The molecule has 0 aliphatic rings. The maximum atomic E-state index is 13.7. The molecule has 3 amide bonds. The Kier molecular flexibility index (Phi) is 11.6. The van der Waals surface area contributed by atoms with Crippen LogP contribution in [0.25, 0.3) is 0 Å². The molecule has 0 aliphatic carbocycles. The van der Waals surface area contributed by atoms with Gasteiger partial charge >= 0.3 is 12.1 Å². The molecule has 1 atom stereocenters. The number of hydrogen-bond donors (Lipinski definition) is 8. The van der Waals surface area contributed by atoms with Crippen LogP contribution in [0.3, 0.4) is 0 Å². The zero-order valence-electron chi connectivity index (χ0n) is 24.6. The van der Waals surface area contributed by atoms with Gasteiger partial charge in [0.1, 0.15) is 28.6 Å². The molecule has 0 fully saturated rings. The number of nitrogens with one attached hydrogen (secondary N) is 5. The predicted molar refractivity (Wildman–Crippen MR) is 158 cm³/mol. The third-order valence-corrected chi connectivity index (χ3v) is 6.13. The van der Waals surface area contributed by atoms with Crippen molar-refractivity contribution in [3.8, 4) is 5.75 Å². The maximum absolute atomic E-state index is 13.7. The second-order valence-electron chi connectivity index (χ2n) is 10.8. The lowest BCUT2D eigenvalue weighted by Gasteiger charge is -2.33. The molecule has 0 unspecified atom stereocenters. The summed E-state index contributed by atoms with van der Waals surface area (Å²) in [5.41, 5.74) is 10.0. The zero-order valence-corrected chi connectivity index (χ0v) is 24.6. The Hall–Kier alpha value is -5.14. The zero-order chi connectivity index (χ0) is 32.4. The van der Waals surface area contributed by atoms with E-state index in [-0.39, 0.29) is 48.8 Å². The van der Waals surface area contributed by atoms with E-state index >= 15 is 0 Å². The van der Waals surface area contributed by atoms with E-state index < -0.39 is 41.6 Å². The largest absolute Gasteiger partial charge is 0.507 e. The molecule has 0 radical (unpaired) electrons. The highest BCUT2D eigenvalue weighted by Gasteiger charge is 2.41. The van der Waals surface area contributed by atoms with Gasteiger partial charge in [-0.05, 0) is 56.5 Å². The van der Waals surface area contributed by atoms with Crippen molar-refractivity contribution in [1.82, 2.24) is 16.0 Å². The SMILES string of the molecule is COC(=O)N[C@](CCC(=O)OC(C)(C)C)(Cc1cccc(C(=N)N)c1)C(=O)NCC(=O)NCc1ccc(C(=N)N)c(O)c1. The van der Waals surface area contributed by atoms with Crippen molar-refractivity contribution in [2.45, 2.75) is 57.7 Å². The number of phenolic OH excluding ortho intramolecular Hbond substituents is 1. The van der Waals surface area contributed by atoms with Gasteiger partial charge in [-0.25, -0.2) is 4.79 Å². The van der Waals surface area contributed by atoms with Gasteiger partial charge in [0.2, 0.25) is 11.8 Å². The second kappa shape index (κ2) is 14.7. The first-order valence-corrected chi connectivity index (χ1v) is 13.3. The van der Waals surface area contributed by atoms with Crippen LogP contribution in [0.15, 0.2) is 42.5 Å². The van der Waals surface area contributed by atoms with Gasteiger partial charge in [-0.2, -0.15) is 0 Å². The molecule has 2 aromatic carbocycles. The molecule has 10 N–H and O–H groups in total. The number of ether oxygens (including phenoxy) is 2. The number of alkyl carbamates (subject to hydrolysis) is 1. The lowest BCUT2D eigenvalue weighted by atomic mass is 9.84. The molecular formula is C29H39N7O7. The quantitative estimate of drug-likeness (QED) is 0.0936. The number of aromatic hydroxyl groups is 1. The molecule has 2 rings (SSSR count). The van der Waals surface area contributed by atoms with Gasteiger partial charge in [-0.15, -0.1) is 0 Å². The van der Waals surface area contributed by atoms with Crippen LogP contribution in [0, 0.1) is 10.8 Å². The molecule has 0 heterocycles. The van der Waals surface area contributed by atoms with Gasteiger partial charge in [-0.3, -0.25) is 25.2 Å². The summed E-state index contributed by atoms with van der Waals surface area (Å²) in [6, 6.07) is 10.9. The smallest absolute Gasteiger partial charge is 0.407 e. The fourth-order valence-electron chi connectivity index (χ4n) is 4.11. The monoisotopic (exact) mass is 597 g/mol. The van der Waals surface area contributed by atoms with Gasteiger partial charge in [0, 0.05) is 24.9 Å². The van der Waals surface area contributed by atoms with Gasteiger partial charge in [0.25, 0.3) is 0 Å². The number of benzene rings is 2. The minimum absolute atomic E-state index is 0.00246. The van der Waals surface area contributed by atoms with Crippen molar-refractivity contribution in [2.75, 3.05) is 13.7 Å². The summed E-state index contributed by atoms with van der Waals surface area (Å²) in [6.45, 7) is 4.61. The molecule has 232 valence electrons. The number of nitrogens with two attached hydrogens (primary N) is 2. The number of amides is 3. The van der Waals surface area contributed by atoms with Crippen LogP contribution < -0.4 is 27.4 Å². The lowest BCUT2D eigenvalue weighted by Crippen LogP contribution is -2.61. The third-order valence-electron chi connectivity index (χ3n) is 6.13. The minimum Gasteiger partial charge on any atom is -0.507 e. The van der Waals surface area contributed by atoms with Crippen LogP contribution in [-0.4, -0.2) is 65.4 Å². The van der Waals surface area contributed by atoms with E-state index in [1.807, 2.05) is 0 Å². The number of carbonyl (C=O) groups is 4. The molecule has 0 saturated carbocycles. The molecule has 43 heavy (non-hydrogen) atoms. The average Bonchev–Trinajstić information content (AvgIpc) is 2.92. The number of methoxy groups -OCH3 is 1. The standard InChI is InChI=1S/C29H39N7O7/c1-28(2,3)43-23(39)10-11-29(36-27(41)42-4,14-17-6-5-7-19(12-17)24(30)31)26(40)35-16-22(38)34-15-18-8-9-20(25(32)33)21(37)13-18/h5-9,12-13,37H,10-11,14-16H2,1-4H3,(H3,30,31)(H3,32,33)(H,34,38)(H,35,40)(H,36,41)/t29-/m1/s1. The first-order chi connectivity index (χ1) is 20.0. The van der Waals surface area contributed by atoms with E-state index in [0.29, 0.717) is 16.7 Å². The van der Waals surface area contributed by atoms with Crippen molar-refractivity contribution < 1.29 is 33.8 Å². The summed E-state index contributed by atoms with van der Waals surface area (Å²) in [5, 5.41) is 32.9. The van der Waals surface area contributed by atoms with Gasteiger partial charge in [-0.1, -0.05) is 24.3 Å². The van der Waals surface area contributed by atoms with Crippen molar-refractivity contribution in [3.05, 3.63) is 64.7 Å². The Bertz CT molecular complexity index is 1390. The first kappa shape index (κ1) is 34.1. The van der Waals surface area contributed by atoms with Crippen LogP contribution in [0.1, 0.15) is 55.9 Å². The Balaban J connectivity index is 2.28. The van der Waals surface area contributed by atoms with Crippen LogP contribution in [0.4, 0.5) is 4.79 Å². The molecule has 0 aliphatic heterocycles. The maximum Gasteiger partial charge on any atom is 0.407 e.